The van der Waals surface area contributed by atoms with E-state index in [9.17, 15) is 9.59 Å². The SMILES string of the molecule is C[C@H](c1ccccc1)N(CC(=O)NC1CCCCC1)C(=O)c1ccc(Br)cc1. The third-order valence-electron chi connectivity index (χ3n) is 5.39. The van der Waals surface area contributed by atoms with E-state index in [0.717, 1.165) is 35.7 Å². The van der Waals surface area contributed by atoms with Crippen molar-refractivity contribution in [1.29, 1.82) is 0 Å². The predicted octanol–water partition coefficient (Wildman–Crippen LogP) is 5.10. The Bertz CT molecular complexity index is 786. The maximum Gasteiger partial charge on any atom is 0.254 e. The molecule has 148 valence electrons. The third-order valence-corrected chi connectivity index (χ3v) is 5.91. The molecule has 4 nitrogen and oxygen atoms in total. The maximum absolute atomic E-state index is 13.2. The second-order valence-electron chi connectivity index (χ2n) is 7.43. The quantitative estimate of drug-likeness (QED) is 0.675. The van der Waals surface area contributed by atoms with Gasteiger partial charge in [-0.15, -0.1) is 0 Å². The van der Waals surface area contributed by atoms with Crippen molar-refractivity contribution in [2.24, 2.45) is 0 Å². The first-order chi connectivity index (χ1) is 13.5. The molecule has 1 N–H and O–H groups in total. The van der Waals surface area contributed by atoms with Crippen molar-refractivity contribution in [3.63, 3.8) is 0 Å². The molecule has 0 aromatic heterocycles. The lowest BCUT2D eigenvalue weighted by atomic mass is 9.95. The lowest BCUT2D eigenvalue weighted by Gasteiger charge is -2.31. The molecular weight excluding hydrogens is 416 g/mol. The van der Waals surface area contributed by atoms with E-state index in [4.69, 9.17) is 0 Å². The van der Waals surface area contributed by atoms with Gasteiger partial charge in [0, 0.05) is 16.1 Å². The summed E-state index contributed by atoms with van der Waals surface area (Å²) in [5, 5.41) is 3.13. The number of benzene rings is 2. The molecule has 0 bridgehead atoms. The summed E-state index contributed by atoms with van der Waals surface area (Å²) in [5.41, 5.74) is 1.59. The molecule has 0 unspecified atom stereocenters. The van der Waals surface area contributed by atoms with E-state index in [-0.39, 0.29) is 30.4 Å². The minimum absolute atomic E-state index is 0.0570. The summed E-state index contributed by atoms with van der Waals surface area (Å²) >= 11 is 3.40. The van der Waals surface area contributed by atoms with Crippen LogP contribution in [0.5, 0.6) is 0 Å². The van der Waals surface area contributed by atoms with Crippen LogP contribution in [0.25, 0.3) is 0 Å². The van der Waals surface area contributed by atoms with Gasteiger partial charge in [0.15, 0.2) is 0 Å². The number of hydrogen-bond acceptors (Lipinski definition) is 2. The molecule has 1 atom stereocenters. The van der Waals surface area contributed by atoms with Gasteiger partial charge in [-0.2, -0.15) is 0 Å². The van der Waals surface area contributed by atoms with E-state index < -0.39 is 0 Å². The zero-order valence-corrected chi connectivity index (χ0v) is 17.8. The number of hydrogen-bond donors (Lipinski definition) is 1. The van der Waals surface area contributed by atoms with Gasteiger partial charge in [-0.05, 0) is 49.6 Å². The van der Waals surface area contributed by atoms with Crippen LogP contribution >= 0.6 is 15.9 Å². The van der Waals surface area contributed by atoms with Crippen LogP contribution in [0.2, 0.25) is 0 Å². The number of rotatable bonds is 6. The molecule has 0 aliphatic heterocycles. The van der Waals surface area contributed by atoms with Gasteiger partial charge < -0.3 is 10.2 Å². The van der Waals surface area contributed by atoms with Crippen molar-refractivity contribution in [2.45, 2.75) is 51.1 Å². The Labute approximate surface area is 175 Å². The molecule has 2 aromatic rings. The summed E-state index contributed by atoms with van der Waals surface area (Å²) in [6, 6.07) is 17.1. The molecule has 1 fully saturated rings. The number of nitrogens with zero attached hydrogens (tertiary/aromatic N) is 1. The first-order valence-electron chi connectivity index (χ1n) is 9.95. The third kappa shape index (κ3) is 5.44. The van der Waals surface area contributed by atoms with Gasteiger partial charge in [-0.25, -0.2) is 0 Å². The van der Waals surface area contributed by atoms with Crippen molar-refractivity contribution in [3.05, 3.63) is 70.2 Å². The van der Waals surface area contributed by atoms with Gasteiger partial charge in [0.1, 0.15) is 6.54 Å². The lowest BCUT2D eigenvalue weighted by Crippen LogP contribution is -2.45. The topological polar surface area (TPSA) is 49.4 Å². The van der Waals surface area contributed by atoms with Crippen LogP contribution in [-0.2, 0) is 4.79 Å². The Balaban J connectivity index is 1.78. The lowest BCUT2D eigenvalue weighted by molar-refractivity contribution is -0.123. The number of halogens is 1. The summed E-state index contributed by atoms with van der Waals surface area (Å²) in [7, 11) is 0. The van der Waals surface area contributed by atoms with E-state index in [1.807, 2.05) is 49.4 Å². The predicted molar refractivity (Wildman–Crippen MR) is 115 cm³/mol. The minimum Gasteiger partial charge on any atom is -0.352 e. The number of nitrogens with one attached hydrogen (secondary N) is 1. The highest BCUT2D eigenvalue weighted by atomic mass is 79.9. The molecule has 2 amide bonds. The van der Waals surface area contributed by atoms with Crippen LogP contribution in [0.15, 0.2) is 59.1 Å². The Morgan fingerprint density at radius 2 is 1.68 bits per heavy atom. The molecule has 3 rings (SSSR count). The number of amides is 2. The Kier molecular flexibility index (Phi) is 7.26. The summed E-state index contributed by atoms with van der Waals surface area (Å²) in [6.07, 6.45) is 5.62. The average molecular weight is 443 g/mol. The van der Waals surface area contributed by atoms with E-state index in [2.05, 4.69) is 21.2 Å². The van der Waals surface area contributed by atoms with E-state index in [0.29, 0.717) is 5.56 Å². The monoisotopic (exact) mass is 442 g/mol. The Hall–Kier alpha value is -2.14. The zero-order valence-electron chi connectivity index (χ0n) is 16.2. The van der Waals surface area contributed by atoms with Crippen molar-refractivity contribution in [3.8, 4) is 0 Å². The van der Waals surface area contributed by atoms with Gasteiger partial charge >= 0.3 is 0 Å². The maximum atomic E-state index is 13.2. The van der Waals surface area contributed by atoms with Crippen LogP contribution in [0, 0.1) is 0 Å². The molecule has 1 aliphatic carbocycles. The molecule has 0 saturated heterocycles. The molecule has 2 aromatic carbocycles. The molecule has 0 spiro atoms. The van der Waals surface area contributed by atoms with Gasteiger partial charge in [-0.3, -0.25) is 9.59 Å². The summed E-state index contributed by atoms with van der Waals surface area (Å²) in [4.78, 5) is 27.6. The Morgan fingerprint density at radius 3 is 2.32 bits per heavy atom. The zero-order chi connectivity index (χ0) is 19.9. The van der Waals surface area contributed by atoms with Gasteiger partial charge in [-0.1, -0.05) is 65.5 Å². The van der Waals surface area contributed by atoms with Crippen LogP contribution in [0.1, 0.15) is 61.0 Å². The second-order valence-corrected chi connectivity index (χ2v) is 8.34. The highest BCUT2D eigenvalue weighted by Gasteiger charge is 2.26. The minimum atomic E-state index is -0.200. The van der Waals surface area contributed by atoms with Crippen molar-refractivity contribution < 1.29 is 9.59 Å². The van der Waals surface area contributed by atoms with Crippen LogP contribution in [0.3, 0.4) is 0 Å². The smallest absolute Gasteiger partial charge is 0.254 e. The van der Waals surface area contributed by atoms with Crippen molar-refractivity contribution in [1.82, 2.24) is 10.2 Å². The number of carbonyl (C=O) groups is 2. The van der Waals surface area contributed by atoms with Gasteiger partial charge in [0.25, 0.3) is 5.91 Å². The summed E-state index contributed by atoms with van der Waals surface area (Å²) < 4.78 is 0.918. The molecule has 0 heterocycles. The van der Waals surface area contributed by atoms with Crippen molar-refractivity contribution >= 4 is 27.7 Å². The van der Waals surface area contributed by atoms with E-state index >= 15 is 0 Å². The highest BCUT2D eigenvalue weighted by molar-refractivity contribution is 9.10. The molecule has 1 aliphatic rings. The van der Waals surface area contributed by atoms with E-state index in [1.54, 1.807) is 17.0 Å². The fraction of sp³-hybridized carbons (Fsp3) is 0.391. The first kappa shape index (κ1) is 20.6. The first-order valence-corrected chi connectivity index (χ1v) is 10.7. The van der Waals surface area contributed by atoms with Crippen molar-refractivity contribution in [2.75, 3.05) is 6.54 Å². The average Bonchev–Trinajstić information content (AvgIpc) is 2.73. The summed E-state index contributed by atoms with van der Waals surface area (Å²) in [5.74, 6) is -0.220. The van der Waals surface area contributed by atoms with Gasteiger partial charge in [0.05, 0.1) is 6.04 Å². The molecule has 1 saturated carbocycles. The molecular formula is C23H27BrN2O2. The van der Waals surface area contributed by atoms with Gasteiger partial charge in [0.2, 0.25) is 5.91 Å². The molecule has 5 heteroatoms. The fourth-order valence-electron chi connectivity index (χ4n) is 3.73. The molecule has 0 radical (unpaired) electrons. The largest absolute Gasteiger partial charge is 0.352 e. The Morgan fingerprint density at radius 1 is 1.04 bits per heavy atom. The molecule has 28 heavy (non-hydrogen) atoms. The normalized spacial score (nSPS) is 15.6. The van der Waals surface area contributed by atoms with Crippen LogP contribution in [0.4, 0.5) is 0 Å². The van der Waals surface area contributed by atoms with Crippen LogP contribution < -0.4 is 5.32 Å². The standard InChI is InChI=1S/C23H27BrN2O2/c1-17(18-8-4-2-5-9-18)26(23(28)19-12-14-20(24)15-13-19)16-22(27)25-21-10-6-3-7-11-21/h2,4-5,8-9,12-15,17,21H,3,6-7,10-11,16H2,1H3,(H,25,27)/t17-/m1/s1. The highest BCUT2D eigenvalue weighted by Crippen LogP contribution is 2.23. The second kappa shape index (κ2) is 9.87. The van der Waals surface area contributed by atoms with E-state index in [1.165, 1.54) is 6.42 Å². The van der Waals surface area contributed by atoms with Crippen LogP contribution in [-0.4, -0.2) is 29.3 Å². The number of carbonyl (C=O) groups excluding carboxylic acids is 2. The fourth-order valence-corrected chi connectivity index (χ4v) is 3.99. The summed E-state index contributed by atoms with van der Waals surface area (Å²) in [6.45, 7) is 2.03.